The summed E-state index contributed by atoms with van der Waals surface area (Å²) in [5.41, 5.74) is -0.817. The van der Waals surface area contributed by atoms with Crippen molar-refractivity contribution >= 4 is 5.97 Å². The van der Waals surface area contributed by atoms with Gasteiger partial charge in [-0.05, 0) is 58.3 Å². The van der Waals surface area contributed by atoms with Crippen molar-refractivity contribution in [2.75, 3.05) is 0 Å². The van der Waals surface area contributed by atoms with E-state index in [2.05, 4.69) is 34.6 Å². The Balaban J connectivity index is 2.78. The van der Waals surface area contributed by atoms with E-state index in [-0.39, 0.29) is 17.0 Å². The van der Waals surface area contributed by atoms with Crippen LogP contribution in [0.15, 0.2) is 0 Å². The van der Waals surface area contributed by atoms with Gasteiger partial charge in [-0.3, -0.25) is 4.79 Å². The summed E-state index contributed by atoms with van der Waals surface area (Å²) in [7, 11) is 0. The number of hydrogen-bond acceptors (Lipinski definition) is 2. The fraction of sp³-hybridized carbons (Fsp3) is 0.941. The summed E-state index contributed by atoms with van der Waals surface area (Å²) in [6.07, 6.45) is 5.90. The summed E-state index contributed by atoms with van der Waals surface area (Å²) in [4.78, 5) is 12.6. The maximum Gasteiger partial charge on any atom is 0.312 e. The first-order valence-corrected chi connectivity index (χ1v) is 7.78. The first-order valence-electron chi connectivity index (χ1n) is 7.78. The van der Waals surface area contributed by atoms with Crippen molar-refractivity contribution in [3.8, 4) is 0 Å². The fourth-order valence-corrected chi connectivity index (χ4v) is 2.79. The van der Waals surface area contributed by atoms with Crippen molar-refractivity contribution in [1.82, 2.24) is 0 Å². The van der Waals surface area contributed by atoms with Gasteiger partial charge in [-0.2, -0.15) is 0 Å². The van der Waals surface area contributed by atoms with E-state index in [9.17, 15) is 4.79 Å². The SMILES string of the molecule is CCC(C)(C)C(C)(C)C(=O)OC(C)(C)C1CCCC1. The van der Waals surface area contributed by atoms with Crippen LogP contribution in [0.25, 0.3) is 0 Å². The Hall–Kier alpha value is -0.530. The van der Waals surface area contributed by atoms with Gasteiger partial charge in [-0.25, -0.2) is 0 Å². The van der Waals surface area contributed by atoms with Crippen LogP contribution < -0.4 is 0 Å². The normalized spacial score (nSPS) is 18.7. The summed E-state index contributed by atoms with van der Waals surface area (Å²) in [6, 6.07) is 0. The number of carbonyl (C=O) groups excluding carboxylic acids is 1. The summed E-state index contributed by atoms with van der Waals surface area (Å²) >= 11 is 0. The Bertz CT molecular complexity index is 320. The summed E-state index contributed by atoms with van der Waals surface area (Å²) in [5, 5.41) is 0. The number of esters is 1. The molecule has 0 radical (unpaired) electrons. The van der Waals surface area contributed by atoms with Gasteiger partial charge in [0.1, 0.15) is 5.60 Å². The van der Waals surface area contributed by atoms with Crippen LogP contribution >= 0.6 is 0 Å². The zero-order chi connectivity index (χ0) is 14.9. The lowest BCUT2D eigenvalue weighted by Crippen LogP contribution is -2.45. The Morgan fingerprint density at radius 3 is 1.95 bits per heavy atom. The van der Waals surface area contributed by atoms with E-state index in [1.807, 2.05) is 13.8 Å². The van der Waals surface area contributed by atoms with Crippen LogP contribution in [0.3, 0.4) is 0 Å². The Kier molecular flexibility index (Phi) is 4.75. The second-order valence-electron chi connectivity index (χ2n) is 7.84. The molecule has 0 amide bonds. The van der Waals surface area contributed by atoms with Crippen molar-refractivity contribution in [3.63, 3.8) is 0 Å². The standard InChI is InChI=1S/C17H32O2/c1-8-15(2,3)16(4,5)14(18)19-17(6,7)13-11-9-10-12-13/h13H,8-12H2,1-7H3. The molecule has 0 bridgehead atoms. The minimum Gasteiger partial charge on any atom is -0.459 e. The minimum absolute atomic E-state index is 0.0451. The van der Waals surface area contributed by atoms with Crippen molar-refractivity contribution in [2.45, 2.75) is 86.2 Å². The molecule has 2 nitrogen and oxygen atoms in total. The van der Waals surface area contributed by atoms with E-state index in [0.29, 0.717) is 5.92 Å². The van der Waals surface area contributed by atoms with Crippen LogP contribution in [0.1, 0.15) is 80.6 Å². The molecule has 19 heavy (non-hydrogen) atoms. The highest BCUT2D eigenvalue weighted by Crippen LogP contribution is 2.44. The maximum atomic E-state index is 12.6. The molecule has 0 aromatic heterocycles. The van der Waals surface area contributed by atoms with Gasteiger partial charge in [0, 0.05) is 0 Å². The van der Waals surface area contributed by atoms with E-state index in [1.165, 1.54) is 25.7 Å². The van der Waals surface area contributed by atoms with Gasteiger partial charge in [-0.15, -0.1) is 0 Å². The number of ether oxygens (including phenoxy) is 1. The van der Waals surface area contributed by atoms with Gasteiger partial charge >= 0.3 is 5.97 Å². The lowest BCUT2D eigenvalue weighted by Gasteiger charge is -2.42. The van der Waals surface area contributed by atoms with Crippen molar-refractivity contribution in [3.05, 3.63) is 0 Å². The molecule has 0 atom stereocenters. The third-order valence-corrected chi connectivity index (χ3v) is 5.78. The van der Waals surface area contributed by atoms with Gasteiger partial charge in [0.15, 0.2) is 0 Å². The van der Waals surface area contributed by atoms with E-state index in [1.54, 1.807) is 0 Å². The van der Waals surface area contributed by atoms with E-state index in [0.717, 1.165) is 6.42 Å². The number of carbonyl (C=O) groups is 1. The average Bonchev–Trinajstić information content (AvgIpc) is 2.82. The average molecular weight is 268 g/mol. The monoisotopic (exact) mass is 268 g/mol. The minimum atomic E-state index is -0.447. The highest BCUT2D eigenvalue weighted by molar-refractivity contribution is 5.77. The van der Waals surface area contributed by atoms with Gasteiger partial charge < -0.3 is 4.74 Å². The first-order chi connectivity index (χ1) is 8.54. The molecule has 0 heterocycles. The highest BCUT2D eigenvalue weighted by atomic mass is 16.6. The van der Waals surface area contributed by atoms with Gasteiger partial charge in [0.05, 0.1) is 5.41 Å². The molecule has 0 N–H and O–H groups in total. The van der Waals surface area contributed by atoms with Crippen LogP contribution in [-0.2, 0) is 9.53 Å². The number of rotatable bonds is 5. The molecule has 1 rings (SSSR count). The largest absolute Gasteiger partial charge is 0.459 e. The van der Waals surface area contributed by atoms with Gasteiger partial charge in [-0.1, -0.05) is 33.6 Å². The smallest absolute Gasteiger partial charge is 0.312 e. The molecular weight excluding hydrogens is 236 g/mol. The quantitative estimate of drug-likeness (QED) is 0.659. The predicted molar refractivity (Wildman–Crippen MR) is 80.0 cm³/mol. The molecule has 0 unspecified atom stereocenters. The molecular formula is C17H32O2. The molecule has 1 aliphatic carbocycles. The molecule has 0 saturated heterocycles. The lowest BCUT2D eigenvalue weighted by atomic mass is 9.66. The third kappa shape index (κ3) is 3.32. The molecule has 0 aromatic carbocycles. The van der Waals surface area contributed by atoms with Crippen LogP contribution in [0.2, 0.25) is 0 Å². The Morgan fingerprint density at radius 1 is 1.05 bits per heavy atom. The van der Waals surface area contributed by atoms with Crippen LogP contribution in [-0.4, -0.2) is 11.6 Å². The molecule has 2 heteroatoms. The highest BCUT2D eigenvalue weighted by Gasteiger charge is 2.46. The first kappa shape index (κ1) is 16.5. The topological polar surface area (TPSA) is 26.3 Å². The molecule has 0 aromatic rings. The molecule has 0 spiro atoms. The van der Waals surface area contributed by atoms with E-state index < -0.39 is 5.41 Å². The Morgan fingerprint density at radius 2 is 1.53 bits per heavy atom. The van der Waals surface area contributed by atoms with Crippen molar-refractivity contribution < 1.29 is 9.53 Å². The summed E-state index contributed by atoms with van der Waals surface area (Å²) in [5.74, 6) is 0.480. The number of hydrogen-bond donors (Lipinski definition) is 0. The summed E-state index contributed by atoms with van der Waals surface area (Å²) < 4.78 is 5.94. The molecule has 0 aliphatic heterocycles. The molecule has 1 aliphatic rings. The van der Waals surface area contributed by atoms with E-state index >= 15 is 0 Å². The Labute approximate surface area is 119 Å². The predicted octanol–water partition coefficient (Wildman–Crippen LogP) is 4.96. The maximum absolute atomic E-state index is 12.6. The zero-order valence-electron chi connectivity index (χ0n) is 13.9. The van der Waals surface area contributed by atoms with Gasteiger partial charge in [0.2, 0.25) is 0 Å². The third-order valence-electron chi connectivity index (χ3n) is 5.78. The molecule has 1 fully saturated rings. The van der Waals surface area contributed by atoms with Crippen LogP contribution in [0.5, 0.6) is 0 Å². The second-order valence-corrected chi connectivity index (χ2v) is 7.84. The molecule has 112 valence electrons. The van der Waals surface area contributed by atoms with Crippen molar-refractivity contribution in [2.24, 2.45) is 16.7 Å². The zero-order valence-corrected chi connectivity index (χ0v) is 13.9. The van der Waals surface area contributed by atoms with Gasteiger partial charge in [0.25, 0.3) is 0 Å². The summed E-state index contributed by atoms with van der Waals surface area (Å²) in [6.45, 7) is 14.6. The lowest BCUT2D eigenvalue weighted by molar-refractivity contribution is -0.179. The van der Waals surface area contributed by atoms with Crippen LogP contribution in [0.4, 0.5) is 0 Å². The second kappa shape index (κ2) is 5.46. The van der Waals surface area contributed by atoms with E-state index in [4.69, 9.17) is 4.74 Å². The van der Waals surface area contributed by atoms with Crippen LogP contribution in [0, 0.1) is 16.7 Å². The molecule has 1 saturated carbocycles. The fourth-order valence-electron chi connectivity index (χ4n) is 2.79. The van der Waals surface area contributed by atoms with Crippen molar-refractivity contribution in [1.29, 1.82) is 0 Å².